The number of hydrogen-bond donors (Lipinski definition) is 0. The quantitative estimate of drug-likeness (QED) is 0.632. The number of hydrogen-bond acceptors (Lipinski definition) is 4. The van der Waals surface area contributed by atoms with E-state index in [-0.39, 0.29) is 22.7 Å². The molecule has 0 spiro atoms. The van der Waals surface area contributed by atoms with Gasteiger partial charge in [0, 0.05) is 11.6 Å². The molecule has 19 heavy (non-hydrogen) atoms. The van der Waals surface area contributed by atoms with E-state index in [4.69, 9.17) is 4.74 Å². The maximum absolute atomic E-state index is 13.7. The summed E-state index contributed by atoms with van der Waals surface area (Å²) in [6.07, 6.45) is 0.986. The highest BCUT2D eigenvalue weighted by molar-refractivity contribution is 5.71. The van der Waals surface area contributed by atoms with Crippen molar-refractivity contribution < 1.29 is 18.4 Å². The number of aromatic nitrogens is 1. The van der Waals surface area contributed by atoms with Crippen LogP contribution in [0.3, 0.4) is 0 Å². The Morgan fingerprint density at radius 3 is 2.68 bits per heavy atom. The van der Waals surface area contributed by atoms with Crippen molar-refractivity contribution in [1.82, 2.24) is 4.98 Å². The van der Waals surface area contributed by atoms with Crippen LogP contribution in [0.4, 0.5) is 14.5 Å². The lowest BCUT2D eigenvalue weighted by Crippen LogP contribution is -1.97. The van der Waals surface area contributed by atoms with E-state index in [2.05, 4.69) is 4.98 Å². The molecule has 2 rings (SSSR count). The predicted octanol–water partition coefficient (Wildman–Crippen LogP) is 2.94. The molecular weight excluding hydrogens is 258 g/mol. The molecule has 0 unspecified atom stereocenters. The zero-order valence-corrected chi connectivity index (χ0v) is 9.76. The van der Waals surface area contributed by atoms with Gasteiger partial charge in [-0.1, -0.05) is 12.1 Å². The van der Waals surface area contributed by atoms with Gasteiger partial charge in [-0.2, -0.15) is 0 Å². The van der Waals surface area contributed by atoms with E-state index >= 15 is 0 Å². The van der Waals surface area contributed by atoms with Gasteiger partial charge in [0.05, 0.1) is 17.6 Å². The molecule has 0 aliphatic rings. The molecule has 7 heteroatoms. The van der Waals surface area contributed by atoms with Crippen molar-refractivity contribution in [2.75, 3.05) is 7.11 Å². The van der Waals surface area contributed by atoms with Gasteiger partial charge in [0.15, 0.2) is 11.6 Å². The molecule has 5 nitrogen and oxygen atoms in total. The van der Waals surface area contributed by atoms with Crippen molar-refractivity contribution in [3.63, 3.8) is 0 Å². The van der Waals surface area contributed by atoms with Crippen molar-refractivity contribution in [2.45, 2.75) is 0 Å². The summed E-state index contributed by atoms with van der Waals surface area (Å²) in [4.78, 5) is 13.7. The first-order valence-electron chi connectivity index (χ1n) is 5.17. The highest BCUT2D eigenvalue weighted by atomic mass is 19.2. The van der Waals surface area contributed by atoms with Crippen LogP contribution in [0.25, 0.3) is 11.1 Å². The maximum atomic E-state index is 13.7. The molecule has 0 fully saturated rings. The van der Waals surface area contributed by atoms with E-state index in [1.807, 2.05) is 0 Å². The first kappa shape index (κ1) is 12.9. The predicted molar refractivity (Wildman–Crippen MR) is 62.8 cm³/mol. The fourth-order valence-electron chi connectivity index (χ4n) is 1.61. The summed E-state index contributed by atoms with van der Waals surface area (Å²) in [5.41, 5.74) is -0.457. The molecule has 0 atom stereocenters. The van der Waals surface area contributed by atoms with Gasteiger partial charge in [0.25, 0.3) is 5.69 Å². The number of ether oxygens (including phenoxy) is 1. The van der Waals surface area contributed by atoms with Gasteiger partial charge in [0.1, 0.15) is 6.20 Å². The Bertz CT molecular complexity index is 647. The lowest BCUT2D eigenvalue weighted by atomic mass is 10.1. The highest BCUT2D eigenvalue weighted by Gasteiger charge is 2.18. The summed E-state index contributed by atoms with van der Waals surface area (Å²) in [5.74, 6) is -2.18. The molecule has 0 saturated carbocycles. The monoisotopic (exact) mass is 266 g/mol. The zero-order valence-electron chi connectivity index (χ0n) is 9.76. The van der Waals surface area contributed by atoms with E-state index in [1.165, 1.54) is 19.2 Å². The normalized spacial score (nSPS) is 10.3. The molecule has 98 valence electrons. The van der Waals surface area contributed by atoms with Crippen molar-refractivity contribution in [3.05, 3.63) is 52.2 Å². The van der Waals surface area contributed by atoms with Crippen LogP contribution in [0.15, 0.2) is 30.5 Å². The van der Waals surface area contributed by atoms with E-state index in [0.29, 0.717) is 0 Å². The number of nitrogens with zero attached hydrogens (tertiary/aromatic N) is 2. The fourth-order valence-corrected chi connectivity index (χ4v) is 1.61. The number of nitro groups is 1. The molecule has 0 radical (unpaired) electrons. The Labute approximate surface area is 106 Å². The molecule has 0 N–H and O–H groups in total. The first-order valence-corrected chi connectivity index (χ1v) is 5.17. The summed E-state index contributed by atoms with van der Waals surface area (Å²) in [6.45, 7) is 0. The van der Waals surface area contributed by atoms with Gasteiger partial charge in [0.2, 0.25) is 5.88 Å². The number of pyridine rings is 1. The van der Waals surface area contributed by atoms with E-state index in [9.17, 15) is 18.9 Å². The zero-order chi connectivity index (χ0) is 14.0. The van der Waals surface area contributed by atoms with Crippen LogP contribution in [0, 0.1) is 21.7 Å². The van der Waals surface area contributed by atoms with Crippen LogP contribution < -0.4 is 4.74 Å². The summed E-state index contributed by atoms with van der Waals surface area (Å²) in [7, 11) is 1.29. The molecule has 1 heterocycles. The lowest BCUT2D eigenvalue weighted by Gasteiger charge is -2.08. The molecule has 0 aliphatic heterocycles. The van der Waals surface area contributed by atoms with Crippen molar-refractivity contribution in [3.8, 4) is 17.0 Å². The number of halogens is 2. The maximum Gasteiger partial charge on any atom is 0.288 e. The second-order valence-corrected chi connectivity index (χ2v) is 3.61. The van der Waals surface area contributed by atoms with Crippen LogP contribution in [-0.2, 0) is 0 Å². The number of methoxy groups -OCH3 is 1. The minimum atomic E-state index is -1.11. The fraction of sp³-hybridized carbons (Fsp3) is 0.0833. The largest absolute Gasteiger partial charge is 0.481 e. The summed E-state index contributed by atoms with van der Waals surface area (Å²) in [5, 5.41) is 10.7. The van der Waals surface area contributed by atoms with Crippen molar-refractivity contribution in [2.24, 2.45) is 0 Å². The Morgan fingerprint density at radius 1 is 1.32 bits per heavy atom. The summed E-state index contributed by atoms with van der Waals surface area (Å²) in [6, 6.07) is 4.63. The molecule has 2 aromatic rings. The molecule has 1 aromatic carbocycles. The third-order valence-electron chi connectivity index (χ3n) is 2.48. The molecule has 0 amide bonds. The average Bonchev–Trinajstić information content (AvgIpc) is 2.41. The highest BCUT2D eigenvalue weighted by Crippen LogP contribution is 2.33. The van der Waals surface area contributed by atoms with Gasteiger partial charge in [-0.15, -0.1) is 0 Å². The van der Waals surface area contributed by atoms with E-state index < -0.39 is 16.6 Å². The van der Waals surface area contributed by atoms with Gasteiger partial charge >= 0.3 is 0 Å². The lowest BCUT2D eigenvalue weighted by molar-refractivity contribution is -0.385. The van der Waals surface area contributed by atoms with Crippen LogP contribution >= 0.6 is 0 Å². The summed E-state index contributed by atoms with van der Waals surface area (Å²) < 4.78 is 31.8. The topological polar surface area (TPSA) is 65.3 Å². The SMILES string of the molecule is COc1ncc([N+](=O)[O-])cc1-c1cccc(F)c1F. The Kier molecular flexibility index (Phi) is 3.37. The summed E-state index contributed by atoms with van der Waals surface area (Å²) >= 11 is 0. The Morgan fingerprint density at radius 2 is 2.05 bits per heavy atom. The Hall–Kier alpha value is -2.57. The third kappa shape index (κ3) is 2.35. The van der Waals surface area contributed by atoms with Crippen molar-refractivity contribution >= 4 is 5.69 Å². The standard InChI is InChI=1S/C12H8F2N2O3/c1-19-12-9(5-7(6-15-12)16(17)18)8-3-2-4-10(13)11(8)14/h2-6H,1H3. The van der Waals surface area contributed by atoms with E-state index in [0.717, 1.165) is 18.3 Å². The Balaban J connectivity index is 2.68. The first-order chi connectivity index (χ1) is 9.04. The average molecular weight is 266 g/mol. The third-order valence-corrected chi connectivity index (χ3v) is 2.48. The van der Waals surface area contributed by atoms with Gasteiger partial charge < -0.3 is 4.74 Å². The molecule has 0 aliphatic carbocycles. The smallest absolute Gasteiger partial charge is 0.288 e. The molecule has 1 aromatic heterocycles. The second kappa shape index (κ2) is 4.97. The van der Waals surface area contributed by atoms with Gasteiger partial charge in [-0.3, -0.25) is 10.1 Å². The van der Waals surface area contributed by atoms with Crippen LogP contribution in [0.1, 0.15) is 0 Å². The second-order valence-electron chi connectivity index (χ2n) is 3.61. The number of benzene rings is 1. The minimum absolute atomic E-state index is 0.0184. The van der Waals surface area contributed by atoms with E-state index in [1.54, 1.807) is 0 Å². The molecule has 0 saturated heterocycles. The van der Waals surface area contributed by atoms with Gasteiger partial charge in [-0.05, 0) is 6.07 Å². The van der Waals surface area contributed by atoms with Crippen molar-refractivity contribution in [1.29, 1.82) is 0 Å². The minimum Gasteiger partial charge on any atom is -0.481 e. The van der Waals surface area contributed by atoms with Crippen LogP contribution in [-0.4, -0.2) is 17.0 Å². The van der Waals surface area contributed by atoms with Crippen LogP contribution in [0.2, 0.25) is 0 Å². The van der Waals surface area contributed by atoms with Gasteiger partial charge in [-0.25, -0.2) is 13.8 Å². The number of rotatable bonds is 3. The van der Waals surface area contributed by atoms with Crippen LogP contribution in [0.5, 0.6) is 5.88 Å². The molecule has 0 bridgehead atoms. The molecular formula is C12H8F2N2O3.